The van der Waals surface area contributed by atoms with E-state index in [1.165, 1.54) is 0 Å². The molecule has 10 heavy (non-hydrogen) atoms. The third kappa shape index (κ3) is 1.81. The van der Waals surface area contributed by atoms with Crippen molar-refractivity contribution in [2.24, 2.45) is 11.7 Å². The summed E-state index contributed by atoms with van der Waals surface area (Å²) < 4.78 is 0. The molecule has 2 atom stereocenters. The normalized spacial score (nSPS) is 19.7. The molecule has 0 saturated heterocycles. The predicted octanol–water partition coefficient (Wildman–Crippen LogP) is 1.34. The van der Waals surface area contributed by atoms with Crippen molar-refractivity contribution >= 4 is 5.78 Å². The van der Waals surface area contributed by atoms with E-state index in [1.54, 1.807) is 13.8 Å². The lowest BCUT2D eigenvalue weighted by atomic mass is 9.83. The van der Waals surface area contributed by atoms with Crippen LogP contribution in [0.15, 0.2) is 0 Å². The van der Waals surface area contributed by atoms with E-state index in [0.29, 0.717) is 0 Å². The maximum absolute atomic E-state index is 10.9. The van der Waals surface area contributed by atoms with Crippen molar-refractivity contribution in [3.63, 3.8) is 0 Å². The van der Waals surface area contributed by atoms with Crippen molar-refractivity contribution < 1.29 is 4.79 Å². The van der Waals surface area contributed by atoms with Crippen molar-refractivity contribution in [2.75, 3.05) is 0 Å². The fraction of sp³-hybridized carbons (Fsp3) is 0.875. The minimum atomic E-state index is -0.630. The molecule has 0 aliphatic carbocycles. The van der Waals surface area contributed by atoms with Gasteiger partial charge in [-0.3, -0.25) is 4.79 Å². The van der Waals surface area contributed by atoms with E-state index >= 15 is 0 Å². The molecule has 0 aliphatic heterocycles. The predicted molar refractivity (Wildman–Crippen MR) is 42.7 cm³/mol. The van der Waals surface area contributed by atoms with Crippen molar-refractivity contribution in [3.8, 4) is 0 Å². The molecule has 0 spiro atoms. The first kappa shape index (κ1) is 9.63. The highest BCUT2D eigenvalue weighted by molar-refractivity contribution is 5.85. The monoisotopic (exact) mass is 143 g/mol. The summed E-state index contributed by atoms with van der Waals surface area (Å²) in [5.74, 6) is 0.340. The van der Waals surface area contributed by atoms with Gasteiger partial charge in [-0.05, 0) is 19.8 Å². The van der Waals surface area contributed by atoms with Gasteiger partial charge in [0.1, 0.15) is 5.78 Å². The average Bonchev–Trinajstić information content (AvgIpc) is 1.86. The van der Waals surface area contributed by atoms with E-state index in [-0.39, 0.29) is 11.7 Å². The zero-order valence-corrected chi connectivity index (χ0v) is 7.27. The van der Waals surface area contributed by atoms with Gasteiger partial charge in [0.05, 0.1) is 5.54 Å². The third-order valence-electron chi connectivity index (χ3n) is 2.39. The van der Waals surface area contributed by atoms with E-state index in [2.05, 4.69) is 0 Å². The number of rotatable bonds is 3. The highest BCUT2D eigenvalue weighted by atomic mass is 16.1. The van der Waals surface area contributed by atoms with Crippen LogP contribution < -0.4 is 5.73 Å². The van der Waals surface area contributed by atoms with Crippen LogP contribution in [0, 0.1) is 5.92 Å². The van der Waals surface area contributed by atoms with Crippen LogP contribution in [0.4, 0.5) is 0 Å². The van der Waals surface area contributed by atoms with Gasteiger partial charge in [0.2, 0.25) is 0 Å². The summed E-state index contributed by atoms with van der Waals surface area (Å²) in [7, 11) is 0. The second-order valence-corrected chi connectivity index (χ2v) is 3.15. The molecule has 0 aromatic rings. The van der Waals surface area contributed by atoms with Crippen molar-refractivity contribution in [3.05, 3.63) is 0 Å². The lowest BCUT2D eigenvalue weighted by molar-refractivity contribution is -0.123. The molecule has 0 fully saturated rings. The maximum atomic E-state index is 10.9. The van der Waals surface area contributed by atoms with E-state index in [1.807, 2.05) is 13.8 Å². The number of carbonyl (C=O) groups is 1. The van der Waals surface area contributed by atoms with Gasteiger partial charge in [-0.1, -0.05) is 20.3 Å². The lowest BCUT2D eigenvalue weighted by Crippen LogP contribution is -2.49. The van der Waals surface area contributed by atoms with Crippen molar-refractivity contribution in [1.82, 2.24) is 0 Å². The van der Waals surface area contributed by atoms with Crippen LogP contribution in [0.5, 0.6) is 0 Å². The summed E-state index contributed by atoms with van der Waals surface area (Å²) in [6.45, 7) is 7.38. The molecule has 0 amide bonds. The Bertz CT molecular complexity index is 129. The van der Waals surface area contributed by atoms with Crippen LogP contribution in [0.1, 0.15) is 34.1 Å². The van der Waals surface area contributed by atoms with E-state index in [9.17, 15) is 4.79 Å². The molecule has 0 saturated carbocycles. The summed E-state index contributed by atoms with van der Waals surface area (Å²) in [6.07, 6.45) is 0.951. The molecule has 0 aliphatic rings. The van der Waals surface area contributed by atoms with Gasteiger partial charge in [-0.25, -0.2) is 0 Å². The topological polar surface area (TPSA) is 43.1 Å². The zero-order valence-electron chi connectivity index (χ0n) is 7.27. The number of nitrogens with two attached hydrogens (primary N) is 1. The van der Waals surface area contributed by atoms with Crippen LogP contribution in [0.25, 0.3) is 0 Å². The Hall–Kier alpha value is -0.370. The summed E-state index contributed by atoms with van der Waals surface area (Å²) in [4.78, 5) is 10.9. The highest BCUT2D eigenvalue weighted by Gasteiger charge is 2.29. The first-order chi connectivity index (χ1) is 4.42. The smallest absolute Gasteiger partial charge is 0.149 e. The molecule has 0 heterocycles. The first-order valence-electron chi connectivity index (χ1n) is 3.72. The van der Waals surface area contributed by atoms with Gasteiger partial charge in [0.25, 0.3) is 0 Å². The number of hydrogen-bond acceptors (Lipinski definition) is 2. The van der Waals surface area contributed by atoms with Gasteiger partial charge >= 0.3 is 0 Å². The maximum Gasteiger partial charge on any atom is 0.149 e. The fourth-order valence-corrected chi connectivity index (χ4v) is 0.771. The molecule has 2 heteroatoms. The van der Waals surface area contributed by atoms with Crippen LogP contribution in [-0.2, 0) is 4.79 Å². The average molecular weight is 143 g/mol. The van der Waals surface area contributed by atoms with Crippen LogP contribution >= 0.6 is 0 Å². The molecule has 0 bridgehead atoms. The Labute approximate surface area is 62.8 Å². The van der Waals surface area contributed by atoms with E-state index in [4.69, 9.17) is 5.73 Å². The van der Waals surface area contributed by atoms with Crippen molar-refractivity contribution in [2.45, 2.75) is 39.7 Å². The van der Waals surface area contributed by atoms with Gasteiger partial charge in [-0.15, -0.1) is 0 Å². The summed E-state index contributed by atoms with van der Waals surface area (Å²) in [5.41, 5.74) is 5.13. The molecular formula is C8H17NO. The Morgan fingerprint density at radius 2 is 2.10 bits per heavy atom. The number of ketones is 1. The van der Waals surface area contributed by atoms with Crippen LogP contribution in [0.3, 0.4) is 0 Å². The SMILES string of the molecule is CCC(C)C(C)(N)C(C)=O. The number of hydrogen-bond donors (Lipinski definition) is 1. The van der Waals surface area contributed by atoms with Gasteiger partial charge in [0.15, 0.2) is 0 Å². The molecule has 2 unspecified atom stereocenters. The largest absolute Gasteiger partial charge is 0.319 e. The Balaban J connectivity index is 4.23. The van der Waals surface area contributed by atoms with Gasteiger partial charge < -0.3 is 5.73 Å². The Morgan fingerprint density at radius 3 is 2.20 bits per heavy atom. The fourth-order valence-electron chi connectivity index (χ4n) is 0.771. The Morgan fingerprint density at radius 1 is 1.70 bits per heavy atom. The molecule has 60 valence electrons. The van der Waals surface area contributed by atoms with Gasteiger partial charge in [0, 0.05) is 0 Å². The van der Waals surface area contributed by atoms with Crippen LogP contribution in [0.2, 0.25) is 0 Å². The lowest BCUT2D eigenvalue weighted by Gasteiger charge is -2.27. The minimum absolute atomic E-state index is 0.0712. The zero-order chi connectivity index (χ0) is 8.36. The second-order valence-electron chi connectivity index (χ2n) is 3.15. The summed E-state index contributed by atoms with van der Waals surface area (Å²) in [5, 5.41) is 0. The van der Waals surface area contributed by atoms with E-state index < -0.39 is 5.54 Å². The van der Waals surface area contributed by atoms with E-state index in [0.717, 1.165) is 6.42 Å². The Kier molecular flexibility index (Phi) is 3.03. The molecule has 2 nitrogen and oxygen atoms in total. The number of carbonyl (C=O) groups excluding carboxylic acids is 1. The van der Waals surface area contributed by atoms with Gasteiger partial charge in [-0.2, -0.15) is 0 Å². The standard InChI is InChI=1S/C8H17NO/c1-5-6(2)8(4,9)7(3)10/h6H,5,9H2,1-4H3. The molecule has 0 aromatic carbocycles. The second kappa shape index (κ2) is 3.15. The minimum Gasteiger partial charge on any atom is -0.319 e. The molecular weight excluding hydrogens is 126 g/mol. The third-order valence-corrected chi connectivity index (χ3v) is 2.39. The quantitative estimate of drug-likeness (QED) is 0.647. The molecule has 0 radical (unpaired) electrons. The highest BCUT2D eigenvalue weighted by Crippen LogP contribution is 2.17. The number of Topliss-reactive ketones (excluding diaryl/α,β-unsaturated/α-hetero) is 1. The molecule has 0 rings (SSSR count). The first-order valence-corrected chi connectivity index (χ1v) is 3.72. The van der Waals surface area contributed by atoms with Crippen molar-refractivity contribution in [1.29, 1.82) is 0 Å². The summed E-state index contributed by atoms with van der Waals surface area (Å²) in [6, 6.07) is 0. The molecule has 2 N–H and O–H groups in total. The summed E-state index contributed by atoms with van der Waals surface area (Å²) >= 11 is 0. The van der Waals surface area contributed by atoms with Crippen LogP contribution in [-0.4, -0.2) is 11.3 Å². The molecule has 0 aromatic heterocycles.